The van der Waals surface area contributed by atoms with Gasteiger partial charge in [0.05, 0.1) is 18.0 Å². The third-order valence-electron chi connectivity index (χ3n) is 3.11. The molecule has 2 nitrogen and oxygen atoms in total. The lowest BCUT2D eigenvalue weighted by molar-refractivity contribution is 0.549. The van der Waals surface area contributed by atoms with Gasteiger partial charge in [-0.3, -0.25) is 0 Å². The molecule has 0 bridgehead atoms. The highest BCUT2D eigenvalue weighted by Crippen LogP contribution is 2.21. The summed E-state index contributed by atoms with van der Waals surface area (Å²) in [4.78, 5) is 0. The molecule has 2 rings (SSSR count). The van der Waals surface area contributed by atoms with E-state index in [2.05, 4.69) is 35.7 Å². The molecule has 0 aliphatic heterocycles. The summed E-state index contributed by atoms with van der Waals surface area (Å²) < 4.78 is 0. The van der Waals surface area contributed by atoms with Crippen molar-refractivity contribution in [2.24, 2.45) is 5.92 Å². The largest absolute Gasteiger partial charge is 0.305 e. The van der Waals surface area contributed by atoms with Crippen molar-refractivity contribution in [3.05, 3.63) is 71.8 Å². The maximum absolute atomic E-state index is 8.90. The van der Waals surface area contributed by atoms with E-state index in [4.69, 9.17) is 5.26 Å². The number of rotatable bonds is 5. The van der Waals surface area contributed by atoms with Crippen LogP contribution < -0.4 is 5.32 Å². The molecule has 0 aliphatic rings. The van der Waals surface area contributed by atoms with Crippen molar-refractivity contribution >= 4 is 0 Å². The zero-order valence-corrected chi connectivity index (χ0v) is 11.1. The van der Waals surface area contributed by atoms with Gasteiger partial charge in [-0.2, -0.15) is 5.26 Å². The zero-order valence-electron chi connectivity index (χ0n) is 11.1. The molecule has 0 fully saturated rings. The van der Waals surface area contributed by atoms with Crippen molar-refractivity contribution in [2.45, 2.75) is 13.0 Å². The molecule has 2 aromatic rings. The van der Waals surface area contributed by atoms with Crippen LogP contribution in [0.3, 0.4) is 0 Å². The Morgan fingerprint density at radius 3 is 1.84 bits per heavy atom. The molecule has 0 amide bonds. The van der Waals surface area contributed by atoms with Crippen molar-refractivity contribution < 1.29 is 0 Å². The van der Waals surface area contributed by atoms with Crippen LogP contribution in [0.4, 0.5) is 0 Å². The molecule has 0 heterocycles. The van der Waals surface area contributed by atoms with Gasteiger partial charge in [0.25, 0.3) is 0 Å². The van der Waals surface area contributed by atoms with Crippen molar-refractivity contribution in [1.82, 2.24) is 5.32 Å². The van der Waals surface area contributed by atoms with Crippen molar-refractivity contribution in [3.8, 4) is 6.07 Å². The molecule has 1 unspecified atom stereocenters. The summed E-state index contributed by atoms with van der Waals surface area (Å²) in [7, 11) is 0. The summed E-state index contributed by atoms with van der Waals surface area (Å²) in [5.41, 5.74) is 2.44. The van der Waals surface area contributed by atoms with Crippen LogP contribution in [0.5, 0.6) is 0 Å². The lowest BCUT2D eigenvalue weighted by Gasteiger charge is -2.20. The van der Waals surface area contributed by atoms with E-state index in [9.17, 15) is 0 Å². The molecule has 0 saturated heterocycles. The number of nitrogens with zero attached hydrogens (tertiary/aromatic N) is 1. The van der Waals surface area contributed by atoms with Crippen molar-refractivity contribution in [1.29, 1.82) is 5.26 Å². The number of benzene rings is 2. The zero-order chi connectivity index (χ0) is 13.5. The van der Waals surface area contributed by atoms with Gasteiger partial charge >= 0.3 is 0 Å². The first-order valence-corrected chi connectivity index (χ1v) is 6.54. The van der Waals surface area contributed by atoms with Gasteiger partial charge in [0.1, 0.15) is 0 Å². The summed E-state index contributed by atoms with van der Waals surface area (Å²) in [5, 5.41) is 12.4. The third-order valence-corrected chi connectivity index (χ3v) is 3.11. The minimum Gasteiger partial charge on any atom is -0.305 e. The van der Waals surface area contributed by atoms with E-state index in [0.29, 0.717) is 6.54 Å². The highest BCUT2D eigenvalue weighted by Gasteiger charge is 2.13. The van der Waals surface area contributed by atoms with E-state index in [1.165, 1.54) is 11.1 Å². The summed E-state index contributed by atoms with van der Waals surface area (Å²) in [6.07, 6.45) is 0. The maximum atomic E-state index is 8.90. The SMILES string of the molecule is CC(C#N)CNC(c1ccccc1)c1ccccc1. The van der Waals surface area contributed by atoms with Crippen LogP contribution in [-0.2, 0) is 0 Å². The van der Waals surface area contributed by atoms with Crippen LogP contribution in [0.15, 0.2) is 60.7 Å². The fourth-order valence-corrected chi connectivity index (χ4v) is 2.06. The minimum absolute atomic E-state index is 0.00919. The number of nitrogens with one attached hydrogen (secondary N) is 1. The average molecular weight is 250 g/mol. The van der Waals surface area contributed by atoms with E-state index >= 15 is 0 Å². The number of hydrogen-bond donors (Lipinski definition) is 1. The van der Waals surface area contributed by atoms with Gasteiger partial charge in [-0.05, 0) is 18.1 Å². The molecule has 0 aliphatic carbocycles. The first-order valence-electron chi connectivity index (χ1n) is 6.54. The topological polar surface area (TPSA) is 35.8 Å². The Hall–Kier alpha value is -2.11. The van der Waals surface area contributed by atoms with E-state index in [1.807, 2.05) is 43.3 Å². The predicted octanol–water partition coefficient (Wildman–Crippen LogP) is 3.53. The Kier molecular flexibility index (Phi) is 4.72. The molecule has 19 heavy (non-hydrogen) atoms. The molecule has 0 spiro atoms. The van der Waals surface area contributed by atoms with Crippen LogP contribution in [0.1, 0.15) is 24.1 Å². The van der Waals surface area contributed by atoms with Crippen molar-refractivity contribution in [3.63, 3.8) is 0 Å². The standard InChI is InChI=1S/C17H18N2/c1-14(12-18)13-19-17(15-8-4-2-5-9-15)16-10-6-3-7-11-16/h2-11,14,17,19H,13H2,1H3. The van der Waals surface area contributed by atoms with E-state index in [1.54, 1.807) is 0 Å². The molecule has 0 radical (unpaired) electrons. The van der Waals surface area contributed by atoms with Gasteiger partial charge in [0, 0.05) is 6.54 Å². The van der Waals surface area contributed by atoms with E-state index in [0.717, 1.165) is 0 Å². The Balaban J connectivity index is 2.22. The molecule has 1 N–H and O–H groups in total. The van der Waals surface area contributed by atoms with E-state index in [-0.39, 0.29) is 12.0 Å². The summed E-state index contributed by atoms with van der Waals surface area (Å²) >= 11 is 0. The Labute approximate surface area is 114 Å². The third kappa shape index (κ3) is 3.67. The van der Waals surface area contributed by atoms with Gasteiger partial charge in [-0.15, -0.1) is 0 Å². The highest BCUT2D eigenvalue weighted by molar-refractivity contribution is 5.31. The monoisotopic (exact) mass is 250 g/mol. The summed E-state index contributed by atoms with van der Waals surface area (Å²) in [6.45, 7) is 2.62. The lowest BCUT2D eigenvalue weighted by atomic mass is 9.98. The van der Waals surface area contributed by atoms with Gasteiger partial charge in [0.15, 0.2) is 0 Å². The second-order valence-electron chi connectivity index (χ2n) is 4.69. The maximum Gasteiger partial charge on any atom is 0.0666 e. The Morgan fingerprint density at radius 2 is 1.42 bits per heavy atom. The fraction of sp³-hybridized carbons (Fsp3) is 0.235. The van der Waals surface area contributed by atoms with Gasteiger partial charge in [-0.25, -0.2) is 0 Å². The molecule has 0 aromatic heterocycles. The van der Waals surface area contributed by atoms with Crippen molar-refractivity contribution in [2.75, 3.05) is 6.54 Å². The minimum atomic E-state index is 0.00919. The summed E-state index contributed by atoms with van der Waals surface area (Å²) in [6, 6.07) is 23.1. The van der Waals surface area contributed by atoms with Gasteiger partial charge < -0.3 is 5.32 Å². The van der Waals surface area contributed by atoms with Crippen LogP contribution >= 0.6 is 0 Å². The molecule has 2 aromatic carbocycles. The Morgan fingerprint density at radius 1 is 0.947 bits per heavy atom. The van der Waals surface area contributed by atoms with Gasteiger partial charge in [-0.1, -0.05) is 60.7 Å². The first kappa shape index (κ1) is 13.3. The molecule has 1 atom stereocenters. The molecule has 0 saturated carbocycles. The fourth-order valence-electron chi connectivity index (χ4n) is 2.06. The molecule has 96 valence electrons. The predicted molar refractivity (Wildman–Crippen MR) is 77.5 cm³/mol. The molecule has 2 heteroatoms. The van der Waals surface area contributed by atoms with E-state index < -0.39 is 0 Å². The second kappa shape index (κ2) is 6.72. The normalized spacial score (nSPS) is 12.1. The number of nitriles is 1. The summed E-state index contributed by atoms with van der Waals surface area (Å²) in [5.74, 6) is 0.00919. The Bertz CT molecular complexity index is 489. The number of hydrogen-bond acceptors (Lipinski definition) is 2. The highest BCUT2D eigenvalue weighted by atomic mass is 14.9. The van der Waals surface area contributed by atoms with Crippen LogP contribution in [0.2, 0.25) is 0 Å². The lowest BCUT2D eigenvalue weighted by Crippen LogP contribution is -2.26. The molecular weight excluding hydrogens is 232 g/mol. The average Bonchev–Trinajstić information content (AvgIpc) is 2.49. The van der Waals surface area contributed by atoms with Crippen LogP contribution in [0, 0.1) is 17.2 Å². The quantitative estimate of drug-likeness (QED) is 0.881. The molecular formula is C17H18N2. The second-order valence-corrected chi connectivity index (χ2v) is 4.69. The van der Waals surface area contributed by atoms with Crippen LogP contribution in [0.25, 0.3) is 0 Å². The smallest absolute Gasteiger partial charge is 0.0666 e. The van der Waals surface area contributed by atoms with Crippen LogP contribution in [-0.4, -0.2) is 6.54 Å². The first-order chi connectivity index (χ1) is 9.31. The van der Waals surface area contributed by atoms with Gasteiger partial charge in [0.2, 0.25) is 0 Å².